The van der Waals surface area contributed by atoms with Crippen LogP contribution < -0.4 is 10.6 Å². The molecular weight excluding hydrogens is 444 g/mol. The molecule has 9 nitrogen and oxygen atoms in total. The quantitative estimate of drug-likeness (QED) is 0.634. The van der Waals surface area contributed by atoms with Crippen LogP contribution in [0.1, 0.15) is 63.4 Å². The van der Waals surface area contributed by atoms with Crippen LogP contribution in [-0.2, 0) is 19.6 Å². The van der Waals surface area contributed by atoms with Gasteiger partial charge in [0.05, 0.1) is 4.90 Å². The summed E-state index contributed by atoms with van der Waals surface area (Å²) in [7, 11) is -3.66. The van der Waals surface area contributed by atoms with E-state index in [0.29, 0.717) is 37.2 Å². The van der Waals surface area contributed by atoms with Gasteiger partial charge in [-0.1, -0.05) is 38.2 Å². The third-order valence-electron chi connectivity index (χ3n) is 6.91. The lowest BCUT2D eigenvalue weighted by molar-refractivity contribution is -0.134. The first-order valence-electron chi connectivity index (χ1n) is 11.8. The number of piperidine rings is 1. The fraction of sp³-hybridized carbons (Fsp3) is 0.609. The number of urea groups is 1. The van der Waals surface area contributed by atoms with Crippen LogP contribution in [0.3, 0.4) is 0 Å². The summed E-state index contributed by atoms with van der Waals surface area (Å²) in [5.41, 5.74) is 0.0216. The fourth-order valence-corrected chi connectivity index (χ4v) is 6.80. The van der Waals surface area contributed by atoms with Gasteiger partial charge in [-0.05, 0) is 50.3 Å². The van der Waals surface area contributed by atoms with Crippen LogP contribution in [0.15, 0.2) is 23.1 Å². The maximum absolute atomic E-state index is 13.1. The van der Waals surface area contributed by atoms with Gasteiger partial charge in [0.1, 0.15) is 12.1 Å². The van der Waals surface area contributed by atoms with Crippen molar-refractivity contribution < 1.29 is 22.8 Å². The monoisotopic (exact) mass is 476 g/mol. The summed E-state index contributed by atoms with van der Waals surface area (Å²) in [5, 5.41) is 5.48. The molecule has 1 aromatic rings. The Morgan fingerprint density at radius 2 is 1.67 bits per heavy atom. The second-order valence-electron chi connectivity index (χ2n) is 9.31. The van der Waals surface area contributed by atoms with Crippen molar-refractivity contribution in [2.45, 2.75) is 75.1 Å². The second kappa shape index (κ2) is 9.42. The van der Waals surface area contributed by atoms with Gasteiger partial charge in [-0.25, -0.2) is 13.2 Å². The number of hydrogen-bond donors (Lipinski definition) is 2. The van der Waals surface area contributed by atoms with Gasteiger partial charge >= 0.3 is 6.03 Å². The van der Waals surface area contributed by atoms with E-state index in [-0.39, 0.29) is 10.8 Å². The largest absolute Gasteiger partial charge is 0.325 e. The van der Waals surface area contributed by atoms with Crippen LogP contribution in [0.5, 0.6) is 0 Å². The minimum Gasteiger partial charge on any atom is -0.324 e. The number of hydrogen-bond acceptors (Lipinski definition) is 5. The number of rotatable bonds is 5. The first-order valence-corrected chi connectivity index (χ1v) is 13.2. The predicted octanol–water partition coefficient (Wildman–Crippen LogP) is 2.75. The summed E-state index contributed by atoms with van der Waals surface area (Å²) in [6.45, 7) is 2.30. The zero-order valence-electron chi connectivity index (χ0n) is 19.1. The maximum atomic E-state index is 13.1. The molecule has 4 rings (SSSR count). The topological polar surface area (TPSA) is 116 Å². The Bertz CT molecular complexity index is 1040. The van der Waals surface area contributed by atoms with E-state index in [1.165, 1.54) is 10.4 Å². The van der Waals surface area contributed by atoms with Crippen LogP contribution in [-0.4, -0.2) is 60.6 Å². The lowest BCUT2D eigenvalue weighted by atomic mass is 9.90. The molecule has 0 aromatic heterocycles. The number of anilines is 1. The van der Waals surface area contributed by atoms with Crippen molar-refractivity contribution in [2.24, 2.45) is 0 Å². The minimum atomic E-state index is -3.66. The highest BCUT2D eigenvalue weighted by Gasteiger charge is 2.51. The number of nitrogens with zero attached hydrogens (tertiary/aromatic N) is 2. The first-order chi connectivity index (χ1) is 15.7. The van der Waals surface area contributed by atoms with Crippen molar-refractivity contribution in [3.05, 3.63) is 23.8 Å². The molecule has 0 radical (unpaired) electrons. The van der Waals surface area contributed by atoms with Crippen molar-refractivity contribution >= 4 is 33.6 Å². The third kappa shape index (κ3) is 4.77. The number of aryl methyl sites for hydroxylation is 1. The molecule has 2 saturated heterocycles. The van der Waals surface area contributed by atoms with E-state index in [4.69, 9.17) is 0 Å². The van der Waals surface area contributed by atoms with Gasteiger partial charge in [0.25, 0.3) is 5.91 Å². The zero-order chi connectivity index (χ0) is 23.6. The van der Waals surface area contributed by atoms with E-state index in [1.807, 2.05) is 0 Å². The smallest absolute Gasteiger partial charge is 0.324 e. The normalized spacial score (nSPS) is 21.7. The van der Waals surface area contributed by atoms with Gasteiger partial charge in [0.15, 0.2) is 0 Å². The third-order valence-corrected chi connectivity index (χ3v) is 8.95. The molecule has 33 heavy (non-hydrogen) atoms. The molecule has 1 aromatic carbocycles. The minimum absolute atomic E-state index is 0.162. The Morgan fingerprint density at radius 3 is 2.33 bits per heavy atom. The number of benzene rings is 1. The van der Waals surface area contributed by atoms with E-state index in [2.05, 4.69) is 10.6 Å². The Balaban J connectivity index is 1.46. The predicted molar refractivity (Wildman–Crippen MR) is 123 cm³/mol. The SMILES string of the molecule is Cc1ccc(NC(=O)CN2C(=O)NC3(CCCCCC3)C2=O)cc1S(=O)(=O)N1CCCCC1. The van der Waals surface area contributed by atoms with Crippen LogP contribution in [0, 0.1) is 6.92 Å². The first kappa shape index (κ1) is 23.7. The van der Waals surface area contributed by atoms with Crippen molar-refractivity contribution in [3.63, 3.8) is 0 Å². The highest BCUT2D eigenvalue weighted by Crippen LogP contribution is 2.33. The molecule has 1 saturated carbocycles. The zero-order valence-corrected chi connectivity index (χ0v) is 19.9. The Kier molecular flexibility index (Phi) is 6.76. The fourth-order valence-electron chi connectivity index (χ4n) is 5.03. The van der Waals surface area contributed by atoms with Crippen molar-refractivity contribution in [2.75, 3.05) is 25.0 Å². The summed E-state index contributed by atoms with van der Waals surface area (Å²) >= 11 is 0. The van der Waals surface area contributed by atoms with Crippen LogP contribution >= 0.6 is 0 Å². The van der Waals surface area contributed by atoms with Crippen molar-refractivity contribution in [1.29, 1.82) is 0 Å². The number of carbonyl (C=O) groups excluding carboxylic acids is 3. The summed E-state index contributed by atoms with van der Waals surface area (Å²) < 4.78 is 27.7. The average Bonchev–Trinajstić information content (AvgIpc) is 2.94. The summed E-state index contributed by atoms with van der Waals surface area (Å²) in [5.74, 6) is -0.892. The van der Waals surface area contributed by atoms with Gasteiger partial charge in [-0.3, -0.25) is 14.5 Å². The number of sulfonamides is 1. The average molecular weight is 477 g/mol. The summed E-state index contributed by atoms with van der Waals surface area (Å²) in [4.78, 5) is 39.3. The van der Waals surface area contributed by atoms with E-state index in [1.54, 1.807) is 19.1 Å². The van der Waals surface area contributed by atoms with Gasteiger partial charge < -0.3 is 10.6 Å². The van der Waals surface area contributed by atoms with E-state index in [9.17, 15) is 22.8 Å². The lowest BCUT2D eigenvalue weighted by Gasteiger charge is -2.26. The summed E-state index contributed by atoms with van der Waals surface area (Å²) in [6.07, 6.45) is 7.66. The van der Waals surface area contributed by atoms with Gasteiger partial charge in [0, 0.05) is 18.8 Å². The van der Waals surface area contributed by atoms with E-state index >= 15 is 0 Å². The molecule has 1 aliphatic carbocycles. The number of carbonyl (C=O) groups is 3. The molecule has 2 heterocycles. The van der Waals surface area contributed by atoms with Crippen LogP contribution in [0.4, 0.5) is 10.5 Å². The molecule has 1 spiro atoms. The molecule has 3 aliphatic rings. The van der Waals surface area contributed by atoms with Crippen molar-refractivity contribution in [3.8, 4) is 0 Å². The highest BCUT2D eigenvalue weighted by molar-refractivity contribution is 7.89. The Hall–Kier alpha value is -2.46. The van der Waals surface area contributed by atoms with Crippen LogP contribution in [0.25, 0.3) is 0 Å². The molecule has 2 aliphatic heterocycles. The Morgan fingerprint density at radius 1 is 1.03 bits per heavy atom. The van der Waals surface area contributed by atoms with Crippen LogP contribution in [0.2, 0.25) is 0 Å². The lowest BCUT2D eigenvalue weighted by Crippen LogP contribution is -2.47. The van der Waals surface area contributed by atoms with E-state index in [0.717, 1.165) is 49.8 Å². The highest BCUT2D eigenvalue weighted by atomic mass is 32.2. The number of amides is 4. The number of imide groups is 1. The molecule has 0 unspecified atom stereocenters. The Labute approximate surface area is 194 Å². The van der Waals surface area contributed by atoms with Gasteiger partial charge in [-0.15, -0.1) is 0 Å². The molecular formula is C23H32N4O5S. The second-order valence-corrected chi connectivity index (χ2v) is 11.2. The van der Waals surface area contributed by atoms with Crippen molar-refractivity contribution in [1.82, 2.24) is 14.5 Å². The molecule has 0 bridgehead atoms. The molecule has 4 amide bonds. The molecule has 0 atom stereocenters. The molecule has 10 heteroatoms. The standard InChI is InChI=1S/C23H32N4O5S/c1-17-9-10-18(15-19(17)33(31,32)26-13-7-4-8-14-26)24-20(28)16-27-21(29)23(25-22(27)30)11-5-2-3-6-12-23/h9-10,15H,2-8,11-14,16H2,1H3,(H,24,28)(H,25,30). The maximum Gasteiger partial charge on any atom is 0.325 e. The van der Waals surface area contributed by atoms with Gasteiger partial charge in [0.2, 0.25) is 15.9 Å². The van der Waals surface area contributed by atoms with Gasteiger partial charge in [-0.2, -0.15) is 4.31 Å². The number of nitrogens with one attached hydrogen (secondary N) is 2. The molecule has 3 fully saturated rings. The molecule has 2 N–H and O–H groups in total. The summed E-state index contributed by atoms with van der Waals surface area (Å²) in [6, 6.07) is 4.19. The van der Waals surface area contributed by atoms with E-state index < -0.39 is 34.0 Å². The molecule has 180 valence electrons.